The van der Waals surface area contributed by atoms with Crippen molar-refractivity contribution < 1.29 is 9.53 Å². The van der Waals surface area contributed by atoms with Crippen LogP contribution in [0.25, 0.3) is 33.1 Å². The number of hydrogen-bond acceptors (Lipinski definition) is 6. The summed E-state index contributed by atoms with van der Waals surface area (Å²) in [6.07, 6.45) is 1.67. The van der Waals surface area contributed by atoms with Crippen molar-refractivity contribution in [2.24, 2.45) is 0 Å². The first-order valence-electron chi connectivity index (χ1n) is 9.73. The summed E-state index contributed by atoms with van der Waals surface area (Å²) in [5.41, 5.74) is 3.38. The Morgan fingerprint density at radius 2 is 1.55 bits per heavy atom. The Labute approximate surface area is 182 Å². The number of rotatable bonds is 5. The van der Waals surface area contributed by atoms with Crippen molar-refractivity contribution in [2.45, 2.75) is 5.16 Å². The summed E-state index contributed by atoms with van der Waals surface area (Å²) in [6.45, 7) is 0. The molecule has 0 aliphatic rings. The van der Waals surface area contributed by atoms with Crippen LogP contribution in [-0.2, 0) is 0 Å². The van der Waals surface area contributed by atoms with Gasteiger partial charge in [0, 0.05) is 16.3 Å². The van der Waals surface area contributed by atoms with Crippen LogP contribution in [0.4, 0.5) is 0 Å². The summed E-state index contributed by atoms with van der Waals surface area (Å²) in [4.78, 5) is 17.5. The first-order valence-corrected chi connectivity index (χ1v) is 10.7. The number of fused-ring (bicyclic) bond motifs is 3. The van der Waals surface area contributed by atoms with Gasteiger partial charge in [0.15, 0.2) is 0 Å². The number of ether oxygens (including phenoxy) is 1. The predicted octanol–water partition coefficient (Wildman–Crippen LogP) is 5.09. The van der Waals surface area contributed by atoms with Crippen LogP contribution in [0.15, 0.2) is 84.1 Å². The van der Waals surface area contributed by atoms with Crippen LogP contribution in [0.2, 0.25) is 0 Å². The molecule has 0 aliphatic carbocycles. The summed E-state index contributed by atoms with van der Waals surface area (Å²) < 4.78 is 6.95. The summed E-state index contributed by atoms with van der Waals surface area (Å²) in [5.74, 6) is 0.970. The molecule has 0 spiro atoms. The van der Waals surface area contributed by atoms with Gasteiger partial charge in [-0.25, -0.2) is 4.98 Å². The fourth-order valence-corrected chi connectivity index (χ4v) is 4.21. The van der Waals surface area contributed by atoms with E-state index in [0.29, 0.717) is 10.9 Å². The SMILES string of the molecule is COc1ccc(-c2cnc(SCC(=O)n3c4ccccc4c4ccccc43)nn2)cc1. The Kier molecular flexibility index (Phi) is 5.09. The van der Waals surface area contributed by atoms with E-state index in [2.05, 4.69) is 15.2 Å². The molecule has 0 aliphatic heterocycles. The number of thioether (sulfide) groups is 1. The minimum Gasteiger partial charge on any atom is -0.497 e. The lowest BCUT2D eigenvalue weighted by Crippen LogP contribution is -2.13. The van der Waals surface area contributed by atoms with Gasteiger partial charge < -0.3 is 4.74 Å². The molecule has 31 heavy (non-hydrogen) atoms. The second kappa shape index (κ2) is 8.20. The van der Waals surface area contributed by atoms with Gasteiger partial charge in [-0.15, -0.1) is 10.2 Å². The Morgan fingerprint density at radius 1 is 0.903 bits per heavy atom. The number of aromatic nitrogens is 4. The molecular formula is C24H18N4O2S. The summed E-state index contributed by atoms with van der Waals surface area (Å²) >= 11 is 1.28. The fourth-order valence-electron chi connectivity index (χ4n) is 3.61. The number of para-hydroxylation sites is 2. The van der Waals surface area contributed by atoms with E-state index >= 15 is 0 Å². The van der Waals surface area contributed by atoms with Crippen LogP contribution >= 0.6 is 11.8 Å². The van der Waals surface area contributed by atoms with Crippen LogP contribution in [0, 0.1) is 0 Å². The zero-order valence-corrected chi connectivity index (χ0v) is 17.5. The van der Waals surface area contributed by atoms with Gasteiger partial charge in [-0.05, 0) is 36.4 Å². The van der Waals surface area contributed by atoms with Crippen LogP contribution in [0.1, 0.15) is 4.79 Å². The number of hydrogen-bond donors (Lipinski definition) is 0. The van der Waals surface area contributed by atoms with E-state index in [1.807, 2.05) is 72.8 Å². The first-order chi connectivity index (χ1) is 15.2. The van der Waals surface area contributed by atoms with E-state index in [9.17, 15) is 4.79 Å². The van der Waals surface area contributed by atoms with Gasteiger partial charge in [-0.1, -0.05) is 48.2 Å². The lowest BCUT2D eigenvalue weighted by molar-refractivity contribution is 0.0951. The highest BCUT2D eigenvalue weighted by Crippen LogP contribution is 2.29. The van der Waals surface area contributed by atoms with Crippen molar-refractivity contribution in [3.05, 3.63) is 79.0 Å². The van der Waals surface area contributed by atoms with E-state index in [4.69, 9.17) is 4.74 Å². The van der Waals surface area contributed by atoms with Crippen molar-refractivity contribution >= 4 is 39.5 Å². The molecule has 5 rings (SSSR count). The molecule has 0 saturated heterocycles. The molecule has 0 bridgehead atoms. The average Bonchev–Trinajstić information content (AvgIpc) is 3.17. The highest BCUT2D eigenvalue weighted by Gasteiger charge is 2.16. The van der Waals surface area contributed by atoms with E-state index in [1.165, 1.54) is 11.8 Å². The highest BCUT2D eigenvalue weighted by atomic mass is 32.2. The van der Waals surface area contributed by atoms with E-state index < -0.39 is 0 Å². The smallest absolute Gasteiger partial charge is 0.242 e. The van der Waals surface area contributed by atoms with Crippen LogP contribution in [-0.4, -0.2) is 38.5 Å². The molecule has 0 N–H and O–H groups in total. The third-order valence-electron chi connectivity index (χ3n) is 5.08. The zero-order chi connectivity index (χ0) is 21.2. The maximum absolute atomic E-state index is 13.1. The third kappa shape index (κ3) is 3.64. The molecule has 0 fully saturated rings. The molecule has 0 atom stereocenters. The van der Waals surface area contributed by atoms with Gasteiger partial charge >= 0.3 is 0 Å². The number of benzene rings is 3. The molecule has 5 aromatic rings. The van der Waals surface area contributed by atoms with Gasteiger partial charge in [0.2, 0.25) is 11.1 Å². The fraction of sp³-hybridized carbons (Fsp3) is 0.0833. The molecule has 3 aromatic carbocycles. The Morgan fingerprint density at radius 3 is 2.13 bits per heavy atom. The lowest BCUT2D eigenvalue weighted by Gasteiger charge is -2.06. The average molecular weight is 427 g/mol. The highest BCUT2D eigenvalue weighted by molar-refractivity contribution is 7.99. The zero-order valence-electron chi connectivity index (χ0n) is 16.7. The molecule has 0 amide bonds. The number of carbonyl (C=O) groups excluding carboxylic acids is 1. The summed E-state index contributed by atoms with van der Waals surface area (Å²) in [6, 6.07) is 23.4. The molecule has 0 unspecified atom stereocenters. The van der Waals surface area contributed by atoms with Crippen LogP contribution < -0.4 is 4.74 Å². The molecule has 2 heterocycles. The third-order valence-corrected chi connectivity index (χ3v) is 5.92. The molecule has 2 aromatic heterocycles. The molecule has 152 valence electrons. The Balaban J connectivity index is 1.36. The van der Waals surface area contributed by atoms with Gasteiger partial charge in [0.1, 0.15) is 11.4 Å². The molecule has 6 nitrogen and oxygen atoms in total. The van der Waals surface area contributed by atoms with Crippen molar-refractivity contribution in [3.63, 3.8) is 0 Å². The monoisotopic (exact) mass is 426 g/mol. The number of nitrogens with zero attached hydrogens (tertiary/aromatic N) is 4. The second-order valence-electron chi connectivity index (χ2n) is 6.91. The molecule has 7 heteroatoms. The topological polar surface area (TPSA) is 69.9 Å². The van der Waals surface area contributed by atoms with E-state index in [-0.39, 0.29) is 11.7 Å². The lowest BCUT2D eigenvalue weighted by atomic mass is 10.2. The van der Waals surface area contributed by atoms with Crippen LogP contribution in [0.5, 0.6) is 5.75 Å². The summed E-state index contributed by atoms with van der Waals surface area (Å²) in [7, 11) is 1.63. The molecule has 0 saturated carbocycles. The number of carbonyl (C=O) groups is 1. The van der Waals surface area contributed by atoms with Crippen molar-refractivity contribution in [3.8, 4) is 17.0 Å². The number of methoxy groups -OCH3 is 1. The van der Waals surface area contributed by atoms with Crippen molar-refractivity contribution in [2.75, 3.05) is 12.9 Å². The first kappa shape index (κ1) is 19.3. The summed E-state index contributed by atoms with van der Waals surface area (Å²) in [5, 5.41) is 11.0. The van der Waals surface area contributed by atoms with Gasteiger partial charge in [-0.2, -0.15) is 0 Å². The maximum Gasteiger partial charge on any atom is 0.242 e. The van der Waals surface area contributed by atoms with Crippen molar-refractivity contribution in [1.82, 2.24) is 19.7 Å². The van der Waals surface area contributed by atoms with E-state index in [0.717, 1.165) is 33.1 Å². The minimum absolute atomic E-state index is 0.0229. The Bertz CT molecular complexity index is 1330. The quantitative estimate of drug-likeness (QED) is 0.365. The molecular weight excluding hydrogens is 408 g/mol. The minimum atomic E-state index is -0.0229. The Hall–Kier alpha value is -3.71. The maximum atomic E-state index is 13.1. The van der Waals surface area contributed by atoms with Gasteiger partial charge in [0.25, 0.3) is 0 Å². The second-order valence-corrected chi connectivity index (χ2v) is 7.85. The normalized spacial score (nSPS) is 11.1. The standard InChI is InChI=1S/C24H18N4O2S/c1-30-17-12-10-16(11-13-17)20-14-25-24(27-26-20)31-15-23(29)28-21-8-4-2-6-18(21)19-7-3-5-9-22(19)28/h2-14H,15H2,1H3. The predicted molar refractivity (Wildman–Crippen MR) is 123 cm³/mol. The van der Waals surface area contributed by atoms with Crippen molar-refractivity contribution in [1.29, 1.82) is 0 Å². The van der Waals surface area contributed by atoms with Crippen LogP contribution in [0.3, 0.4) is 0 Å². The molecule has 0 radical (unpaired) electrons. The van der Waals surface area contributed by atoms with E-state index in [1.54, 1.807) is 17.9 Å². The largest absolute Gasteiger partial charge is 0.497 e. The van der Waals surface area contributed by atoms with Gasteiger partial charge in [0.05, 0.1) is 30.1 Å². The van der Waals surface area contributed by atoms with Gasteiger partial charge in [-0.3, -0.25) is 9.36 Å².